The molecule has 1 aliphatic rings. The predicted molar refractivity (Wildman–Crippen MR) is 55.0 cm³/mol. The van der Waals surface area contributed by atoms with Crippen molar-refractivity contribution >= 4 is 17.1 Å². The summed E-state index contributed by atoms with van der Waals surface area (Å²) in [6, 6.07) is 0. The zero-order valence-corrected chi connectivity index (χ0v) is 9.77. The number of rotatable bonds is 2. The molecule has 2 unspecified atom stereocenters. The van der Waals surface area contributed by atoms with E-state index in [1.807, 2.05) is 6.92 Å². The van der Waals surface area contributed by atoms with Crippen LogP contribution in [0.25, 0.3) is 0 Å². The summed E-state index contributed by atoms with van der Waals surface area (Å²) in [7, 11) is 0. The van der Waals surface area contributed by atoms with Gasteiger partial charge in [0, 0.05) is 12.8 Å². The molecule has 0 aromatic carbocycles. The van der Waals surface area contributed by atoms with Gasteiger partial charge < -0.3 is 4.74 Å². The highest BCUT2D eigenvalue weighted by molar-refractivity contribution is 7.13. The first-order valence-corrected chi connectivity index (χ1v) is 5.90. The van der Waals surface area contributed by atoms with E-state index in [1.54, 1.807) is 0 Å². The number of thiazole rings is 1. The van der Waals surface area contributed by atoms with Crippen molar-refractivity contribution < 1.29 is 22.7 Å². The number of hydrogen-bond acceptors (Lipinski definition) is 4. The third-order valence-corrected chi connectivity index (χ3v) is 3.69. The number of ether oxygens (including phenoxy) is 1. The lowest BCUT2D eigenvalue weighted by atomic mass is 10.0. The van der Waals surface area contributed by atoms with Crippen LogP contribution in [0.15, 0.2) is 6.20 Å². The molecule has 0 amide bonds. The third kappa shape index (κ3) is 2.50. The van der Waals surface area contributed by atoms with Crippen LogP contribution in [0.5, 0.6) is 0 Å². The highest BCUT2D eigenvalue weighted by Gasteiger charge is 2.37. The van der Waals surface area contributed by atoms with E-state index in [0.717, 1.165) is 12.6 Å². The normalized spacial score (nSPS) is 25.2. The van der Waals surface area contributed by atoms with Crippen LogP contribution in [0.1, 0.15) is 28.0 Å². The number of nitrogens with zero attached hydrogens (tertiary/aromatic N) is 1. The van der Waals surface area contributed by atoms with Crippen LogP contribution in [0.3, 0.4) is 0 Å². The van der Waals surface area contributed by atoms with Crippen molar-refractivity contribution in [3.63, 3.8) is 0 Å². The van der Waals surface area contributed by atoms with Crippen LogP contribution in [-0.2, 0) is 10.9 Å². The van der Waals surface area contributed by atoms with Gasteiger partial charge in [-0.05, 0) is 12.3 Å². The van der Waals surface area contributed by atoms with Crippen molar-refractivity contribution in [1.29, 1.82) is 0 Å². The highest BCUT2D eigenvalue weighted by Crippen LogP contribution is 2.34. The zero-order valence-electron chi connectivity index (χ0n) is 8.95. The van der Waals surface area contributed by atoms with Crippen molar-refractivity contribution in [2.45, 2.75) is 25.6 Å². The molecular weight excluding hydrogens is 255 g/mol. The Morgan fingerprint density at radius 2 is 2.29 bits per heavy atom. The number of ketones is 1. The molecular formula is C10H10F3NO2S. The number of alkyl halides is 3. The molecule has 2 heterocycles. The molecule has 0 radical (unpaired) electrons. The fraction of sp³-hybridized carbons (Fsp3) is 0.600. The summed E-state index contributed by atoms with van der Waals surface area (Å²) in [5.74, 6) is -0.359. The lowest BCUT2D eigenvalue weighted by molar-refractivity contribution is -0.137. The third-order valence-electron chi connectivity index (χ3n) is 2.64. The lowest BCUT2D eigenvalue weighted by Gasteiger charge is -2.11. The van der Waals surface area contributed by atoms with Crippen LogP contribution < -0.4 is 0 Å². The molecule has 0 aliphatic carbocycles. The van der Waals surface area contributed by atoms with Crippen LogP contribution in [-0.4, -0.2) is 23.5 Å². The summed E-state index contributed by atoms with van der Waals surface area (Å²) in [6.07, 6.45) is -3.40. The van der Waals surface area contributed by atoms with Gasteiger partial charge in [0.15, 0.2) is 5.01 Å². The number of aromatic nitrogens is 1. The van der Waals surface area contributed by atoms with Gasteiger partial charge in [-0.15, -0.1) is 11.3 Å². The van der Waals surface area contributed by atoms with Crippen LogP contribution in [0, 0.1) is 5.92 Å². The van der Waals surface area contributed by atoms with E-state index in [-0.39, 0.29) is 10.8 Å². The van der Waals surface area contributed by atoms with E-state index in [2.05, 4.69) is 4.98 Å². The molecule has 0 N–H and O–H groups in total. The number of hydrogen-bond donors (Lipinski definition) is 0. The van der Waals surface area contributed by atoms with Gasteiger partial charge in [0.1, 0.15) is 6.10 Å². The molecule has 7 heteroatoms. The molecule has 1 fully saturated rings. The zero-order chi connectivity index (χ0) is 12.6. The van der Waals surface area contributed by atoms with Gasteiger partial charge >= 0.3 is 6.18 Å². The lowest BCUT2D eigenvalue weighted by Crippen LogP contribution is -2.24. The minimum absolute atomic E-state index is 0.0103. The summed E-state index contributed by atoms with van der Waals surface area (Å²) in [5.41, 5.74) is 0. The molecule has 0 saturated carbocycles. The minimum Gasteiger partial charge on any atom is -0.370 e. The largest absolute Gasteiger partial charge is 0.443 e. The molecule has 1 aromatic heterocycles. The average molecular weight is 265 g/mol. The van der Waals surface area contributed by atoms with E-state index in [0.29, 0.717) is 17.9 Å². The molecule has 1 saturated heterocycles. The minimum atomic E-state index is -4.49. The van der Waals surface area contributed by atoms with E-state index in [9.17, 15) is 18.0 Å². The van der Waals surface area contributed by atoms with E-state index >= 15 is 0 Å². The maximum absolute atomic E-state index is 12.3. The number of halogens is 3. The maximum atomic E-state index is 12.3. The first kappa shape index (κ1) is 12.5. The van der Waals surface area contributed by atoms with Crippen LogP contribution in [0.2, 0.25) is 0 Å². The summed E-state index contributed by atoms with van der Waals surface area (Å²) in [4.78, 5) is 15.1. The summed E-state index contributed by atoms with van der Waals surface area (Å²) in [6.45, 7) is 2.32. The molecule has 1 aliphatic heterocycles. The maximum Gasteiger partial charge on any atom is 0.443 e. The van der Waals surface area contributed by atoms with E-state index in [4.69, 9.17) is 4.74 Å². The molecule has 3 nitrogen and oxygen atoms in total. The van der Waals surface area contributed by atoms with Gasteiger partial charge in [0.25, 0.3) is 0 Å². The summed E-state index contributed by atoms with van der Waals surface area (Å²) in [5, 5.41) is -0.994. The van der Waals surface area contributed by atoms with Crippen LogP contribution >= 0.6 is 11.3 Å². The summed E-state index contributed by atoms with van der Waals surface area (Å²) >= 11 is 0.371. The first-order valence-electron chi connectivity index (χ1n) is 5.08. The molecule has 94 valence electrons. The smallest absolute Gasteiger partial charge is 0.370 e. The van der Waals surface area contributed by atoms with Gasteiger partial charge in [-0.2, -0.15) is 13.2 Å². The van der Waals surface area contributed by atoms with E-state index < -0.39 is 23.1 Å². The number of carbonyl (C=O) groups excluding carboxylic acids is 1. The first-order chi connectivity index (χ1) is 7.89. The fourth-order valence-electron chi connectivity index (χ4n) is 1.69. The van der Waals surface area contributed by atoms with Gasteiger partial charge in [-0.25, -0.2) is 4.98 Å². The monoisotopic (exact) mass is 265 g/mol. The highest BCUT2D eigenvalue weighted by atomic mass is 32.1. The second-order valence-corrected chi connectivity index (χ2v) is 4.98. The molecule has 1 aromatic rings. The molecule has 2 rings (SSSR count). The standard InChI is InChI=1S/C10H10F3NO2S/c1-5-2-3-16-8(5)7(15)6-4-14-9(17-6)10(11,12)13/h4-5,8H,2-3H2,1H3. The quantitative estimate of drug-likeness (QED) is 0.772. The van der Waals surface area contributed by atoms with Crippen molar-refractivity contribution in [2.24, 2.45) is 5.92 Å². The molecule has 17 heavy (non-hydrogen) atoms. The predicted octanol–water partition coefficient (Wildman–Crippen LogP) is 2.77. The van der Waals surface area contributed by atoms with Crippen molar-refractivity contribution in [3.05, 3.63) is 16.1 Å². The van der Waals surface area contributed by atoms with E-state index in [1.165, 1.54) is 0 Å². The Morgan fingerprint density at radius 1 is 1.59 bits per heavy atom. The molecule has 0 spiro atoms. The van der Waals surface area contributed by atoms with Gasteiger partial charge in [-0.1, -0.05) is 6.92 Å². The summed E-state index contributed by atoms with van der Waals surface area (Å²) < 4.78 is 42.2. The SMILES string of the molecule is CC1CCOC1C(=O)c1cnc(C(F)(F)F)s1. The second-order valence-electron chi connectivity index (χ2n) is 3.95. The second kappa shape index (κ2) is 4.38. The number of Topliss-reactive ketones (excluding diaryl/α,β-unsaturated/α-hetero) is 1. The molecule has 0 bridgehead atoms. The van der Waals surface area contributed by atoms with Crippen molar-refractivity contribution in [3.8, 4) is 0 Å². The average Bonchev–Trinajstić information content (AvgIpc) is 2.83. The van der Waals surface area contributed by atoms with Gasteiger partial charge in [0.05, 0.1) is 4.88 Å². The topological polar surface area (TPSA) is 39.2 Å². The van der Waals surface area contributed by atoms with Crippen LogP contribution in [0.4, 0.5) is 13.2 Å². The van der Waals surface area contributed by atoms with Crippen molar-refractivity contribution in [2.75, 3.05) is 6.61 Å². The Morgan fingerprint density at radius 3 is 2.76 bits per heavy atom. The fourth-order valence-corrected chi connectivity index (χ4v) is 2.44. The Kier molecular flexibility index (Phi) is 3.22. The Labute approximate surface area is 99.6 Å². The van der Waals surface area contributed by atoms with Crippen molar-refractivity contribution in [1.82, 2.24) is 4.98 Å². The number of carbonyl (C=O) groups is 1. The van der Waals surface area contributed by atoms with Gasteiger partial charge in [0.2, 0.25) is 5.78 Å². The Bertz CT molecular complexity index is 429. The Balaban J connectivity index is 2.18. The molecule has 2 atom stereocenters. The van der Waals surface area contributed by atoms with Gasteiger partial charge in [-0.3, -0.25) is 4.79 Å². The Hall–Kier alpha value is -0.950.